The topological polar surface area (TPSA) is 66.8 Å². The molecule has 1 saturated heterocycles. The van der Waals surface area contributed by atoms with Gasteiger partial charge in [-0.1, -0.05) is 17.7 Å². The summed E-state index contributed by atoms with van der Waals surface area (Å²) in [6.07, 6.45) is 7.52. The number of aromatic amines is 1. The Morgan fingerprint density at radius 3 is 2.83 bits per heavy atom. The number of likely N-dealkylation sites (tertiary alicyclic amines) is 1. The summed E-state index contributed by atoms with van der Waals surface area (Å²) in [4.78, 5) is 22.4. The zero-order valence-corrected chi connectivity index (χ0v) is 16.5. The molecule has 1 amide bonds. The number of nitrogens with one attached hydrogen (secondary N) is 1. The van der Waals surface area contributed by atoms with Gasteiger partial charge in [0, 0.05) is 42.1 Å². The first-order chi connectivity index (χ1) is 14.2. The predicted octanol–water partition coefficient (Wildman–Crippen LogP) is 4.42. The molecule has 1 aliphatic rings. The van der Waals surface area contributed by atoms with Gasteiger partial charge in [0.2, 0.25) is 0 Å². The number of nitrogens with zero attached hydrogens (tertiary/aromatic N) is 4. The van der Waals surface area contributed by atoms with Crippen LogP contribution in [0.4, 0.5) is 0 Å². The Morgan fingerprint density at radius 2 is 2.00 bits per heavy atom. The summed E-state index contributed by atoms with van der Waals surface area (Å²) in [6.45, 7) is 1.45. The normalized spacial score (nSPS) is 15.1. The number of fused-ring (bicyclic) bond motifs is 1. The molecule has 0 spiro atoms. The van der Waals surface area contributed by atoms with Crippen LogP contribution < -0.4 is 0 Å². The molecule has 0 unspecified atom stereocenters. The van der Waals surface area contributed by atoms with Crippen molar-refractivity contribution in [3.05, 3.63) is 77.3 Å². The van der Waals surface area contributed by atoms with E-state index in [-0.39, 0.29) is 5.91 Å². The first-order valence-electron chi connectivity index (χ1n) is 9.72. The number of hydrogen-bond acceptors (Lipinski definition) is 3. The molecule has 0 aliphatic carbocycles. The van der Waals surface area contributed by atoms with E-state index in [4.69, 9.17) is 11.6 Å². The number of rotatable bonds is 3. The molecular weight excluding hydrogens is 386 g/mol. The third-order valence-electron chi connectivity index (χ3n) is 5.59. The highest BCUT2D eigenvalue weighted by atomic mass is 35.5. The van der Waals surface area contributed by atoms with Gasteiger partial charge in [0.05, 0.1) is 5.69 Å². The van der Waals surface area contributed by atoms with Crippen LogP contribution >= 0.6 is 11.6 Å². The van der Waals surface area contributed by atoms with Crippen LogP contribution in [0.15, 0.2) is 61.1 Å². The molecule has 3 aromatic heterocycles. The maximum Gasteiger partial charge on any atom is 0.274 e. The van der Waals surface area contributed by atoms with Gasteiger partial charge in [-0.25, -0.2) is 9.67 Å². The Kier molecular flexibility index (Phi) is 4.56. The van der Waals surface area contributed by atoms with Crippen molar-refractivity contribution in [2.45, 2.75) is 18.8 Å². The summed E-state index contributed by atoms with van der Waals surface area (Å²) < 4.78 is 1.69. The summed E-state index contributed by atoms with van der Waals surface area (Å²) >= 11 is 6.06. The van der Waals surface area contributed by atoms with Crippen molar-refractivity contribution in [3.63, 3.8) is 0 Å². The Bertz CT molecular complexity index is 1170. The number of amides is 1. The summed E-state index contributed by atoms with van der Waals surface area (Å²) in [7, 11) is 0. The average Bonchev–Trinajstić information content (AvgIpc) is 3.41. The van der Waals surface area contributed by atoms with E-state index < -0.39 is 0 Å². The second kappa shape index (κ2) is 7.37. The lowest BCUT2D eigenvalue weighted by molar-refractivity contribution is 0.0707. The van der Waals surface area contributed by atoms with E-state index >= 15 is 0 Å². The highest BCUT2D eigenvalue weighted by Gasteiger charge is 2.27. The number of halogens is 1. The molecule has 0 bridgehead atoms. The molecule has 5 rings (SSSR count). The minimum atomic E-state index is -0.0233. The fourth-order valence-electron chi connectivity index (χ4n) is 4.07. The smallest absolute Gasteiger partial charge is 0.274 e. The van der Waals surface area contributed by atoms with Crippen molar-refractivity contribution in [2.24, 2.45) is 0 Å². The van der Waals surface area contributed by atoms with E-state index in [9.17, 15) is 4.79 Å². The summed E-state index contributed by atoms with van der Waals surface area (Å²) in [5, 5.41) is 6.28. The second-order valence-electron chi connectivity index (χ2n) is 7.34. The molecule has 1 aliphatic heterocycles. The third kappa shape index (κ3) is 3.40. The van der Waals surface area contributed by atoms with E-state index in [1.54, 1.807) is 23.1 Å². The fourth-order valence-corrected chi connectivity index (χ4v) is 4.26. The zero-order chi connectivity index (χ0) is 19.8. The molecule has 0 radical (unpaired) electrons. The molecule has 0 atom stereocenters. The monoisotopic (exact) mass is 405 g/mol. The second-order valence-corrected chi connectivity index (χ2v) is 7.77. The molecule has 0 saturated carbocycles. The summed E-state index contributed by atoms with van der Waals surface area (Å²) in [5.41, 5.74) is 3.51. The molecule has 29 heavy (non-hydrogen) atoms. The molecule has 1 aromatic carbocycles. The van der Waals surface area contributed by atoms with Gasteiger partial charge in [-0.05, 0) is 60.7 Å². The van der Waals surface area contributed by atoms with Crippen molar-refractivity contribution in [1.82, 2.24) is 24.6 Å². The number of hydrogen-bond donors (Lipinski definition) is 1. The van der Waals surface area contributed by atoms with Crippen LogP contribution in [0.25, 0.3) is 16.7 Å². The molecule has 146 valence electrons. The molecule has 1 fully saturated rings. The first kappa shape index (κ1) is 17.9. The average molecular weight is 406 g/mol. The number of H-pyrrole nitrogens is 1. The van der Waals surface area contributed by atoms with Gasteiger partial charge >= 0.3 is 0 Å². The maximum absolute atomic E-state index is 12.9. The van der Waals surface area contributed by atoms with E-state index in [2.05, 4.69) is 27.3 Å². The number of pyridine rings is 1. The number of aromatic nitrogens is 4. The highest BCUT2D eigenvalue weighted by molar-refractivity contribution is 6.30. The van der Waals surface area contributed by atoms with E-state index in [1.807, 2.05) is 35.2 Å². The molecule has 4 heterocycles. The van der Waals surface area contributed by atoms with Gasteiger partial charge in [0.15, 0.2) is 5.69 Å². The van der Waals surface area contributed by atoms with Crippen LogP contribution in [0.5, 0.6) is 0 Å². The van der Waals surface area contributed by atoms with Crippen LogP contribution in [0.1, 0.15) is 34.8 Å². The lowest BCUT2D eigenvalue weighted by Crippen LogP contribution is -2.38. The summed E-state index contributed by atoms with van der Waals surface area (Å²) in [6, 6.07) is 13.3. The van der Waals surface area contributed by atoms with E-state index in [0.29, 0.717) is 16.6 Å². The largest absolute Gasteiger partial charge is 0.346 e. The number of carbonyl (C=O) groups excluding carboxylic acids is 1. The summed E-state index contributed by atoms with van der Waals surface area (Å²) in [5.74, 6) is 0.408. The Morgan fingerprint density at radius 1 is 1.14 bits per heavy atom. The minimum absolute atomic E-state index is 0.0233. The quantitative estimate of drug-likeness (QED) is 0.548. The fraction of sp³-hybridized carbons (Fsp3) is 0.227. The lowest BCUT2D eigenvalue weighted by atomic mass is 9.89. The highest BCUT2D eigenvalue weighted by Crippen LogP contribution is 2.32. The zero-order valence-electron chi connectivity index (χ0n) is 15.8. The number of benzene rings is 1. The Balaban J connectivity index is 1.28. The molecule has 7 heteroatoms. The number of carbonyl (C=O) groups is 1. The van der Waals surface area contributed by atoms with Crippen molar-refractivity contribution in [1.29, 1.82) is 0 Å². The van der Waals surface area contributed by atoms with Gasteiger partial charge in [-0.3, -0.25) is 4.79 Å². The van der Waals surface area contributed by atoms with Crippen molar-refractivity contribution >= 4 is 28.5 Å². The van der Waals surface area contributed by atoms with Crippen molar-refractivity contribution < 1.29 is 4.79 Å². The Labute approximate surface area is 173 Å². The van der Waals surface area contributed by atoms with Gasteiger partial charge in [-0.2, -0.15) is 5.10 Å². The van der Waals surface area contributed by atoms with E-state index in [1.165, 1.54) is 10.9 Å². The third-order valence-corrected chi connectivity index (χ3v) is 5.82. The van der Waals surface area contributed by atoms with Crippen LogP contribution in [0.3, 0.4) is 0 Å². The maximum atomic E-state index is 12.9. The van der Waals surface area contributed by atoms with Crippen molar-refractivity contribution in [2.75, 3.05) is 13.1 Å². The molecule has 4 aromatic rings. The lowest BCUT2D eigenvalue weighted by Gasteiger charge is -2.31. The molecule has 6 nitrogen and oxygen atoms in total. The molecule has 1 N–H and O–H groups in total. The predicted molar refractivity (Wildman–Crippen MR) is 113 cm³/mol. The standard InChI is InChI=1S/C22H20ClN5O/c23-16-3-1-4-17(13-16)28-12-8-20(26-28)22(29)27-10-6-15(7-11-27)19-14-25-21-18(19)5-2-9-24-21/h1-5,8-9,12-15H,6-7,10-11H2,(H,24,25). The van der Waals surface area contributed by atoms with Gasteiger partial charge in [0.1, 0.15) is 5.65 Å². The van der Waals surface area contributed by atoms with Crippen LogP contribution in [-0.2, 0) is 0 Å². The minimum Gasteiger partial charge on any atom is -0.346 e. The van der Waals surface area contributed by atoms with Crippen LogP contribution in [0.2, 0.25) is 5.02 Å². The van der Waals surface area contributed by atoms with Gasteiger partial charge in [-0.15, -0.1) is 0 Å². The van der Waals surface area contributed by atoms with Gasteiger partial charge in [0.25, 0.3) is 5.91 Å². The van der Waals surface area contributed by atoms with Crippen LogP contribution in [0, 0.1) is 0 Å². The van der Waals surface area contributed by atoms with Gasteiger partial charge < -0.3 is 9.88 Å². The SMILES string of the molecule is O=C(c1ccn(-c2cccc(Cl)c2)n1)N1CCC(c2c[nH]c3ncccc23)CC1. The van der Waals surface area contributed by atoms with E-state index in [0.717, 1.165) is 37.3 Å². The Hall–Kier alpha value is -3.12. The van der Waals surface area contributed by atoms with Crippen molar-refractivity contribution in [3.8, 4) is 5.69 Å². The first-order valence-corrected chi connectivity index (χ1v) is 10.1. The van der Waals surface area contributed by atoms with Crippen LogP contribution in [-0.4, -0.2) is 43.6 Å². The number of piperidine rings is 1. The molecular formula is C22H20ClN5O.